The predicted octanol–water partition coefficient (Wildman–Crippen LogP) is 2.20. The van der Waals surface area contributed by atoms with E-state index in [0.29, 0.717) is 11.6 Å². The minimum atomic E-state index is 0.316. The van der Waals surface area contributed by atoms with Crippen molar-refractivity contribution in [3.05, 3.63) is 0 Å². The van der Waals surface area contributed by atoms with E-state index in [-0.39, 0.29) is 0 Å². The van der Waals surface area contributed by atoms with Gasteiger partial charge in [0.05, 0.1) is 0 Å². The number of piperidine rings is 1. The van der Waals surface area contributed by atoms with Crippen LogP contribution in [0.15, 0.2) is 0 Å². The molecule has 0 spiro atoms. The molecular formula is C12H26N2S. The van der Waals surface area contributed by atoms with E-state index < -0.39 is 0 Å². The van der Waals surface area contributed by atoms with E-state index in [4.69, 9.17) is 0 Å². The molecule has 0 aromatic rings. The van der Waals surface area contributed by atoms with E-state index in [0.717, 1.165) is 12.6 Å². The van der Waals surface area contributed by atoms with Crippen molar-refractivity contribution in [1.29, 1.82) is 0 Å². The molecule has 1 aliphatic rings. The maximum atomic E-state index is 3.58. The first kappa shape index (κ1) is 13.3. The van der Waals surface area contributed by atoms with Gasteiger partial charge in [0.2, 0.25) is 0 Å². The zero-order chi connectivity index (χ0) is 11.5. The molecule has 0 saturated carbocycles. The topological polar surface area (TPSA) is 15.3 Å². The smallest absolute Gasteiger partial charge is 0.0157 e. The van der Waals surface area contributed by atoms with E-state index in [1.165, 1.54) is 18.6 Å². The Bertz CT molecular complexity index is 194. The van der Waals surface area contributed by atoms with Gasteiger partial charge in [-0.05, 0) is 53.5 Å². The molecule has 2 atom stereocenters. The fourth-order valence-electron chi connectivity index (χ4n) is 2.41. The monoisotopic (exact) mass is 230 g/mol. The van der Waals surface area contributed by atoms with E-state index >= 15 is 0 Å². The van der Waals surface area contributed by atoms with Crippen molar-refractivity contribution in [2.24, 2.45) is 0 Å². The van der Waals surface area contributed by atoms with Gasteiger partial charge in [0.15, 0.2) is 0 Å². The number of hydrogen-bond donors (Lipinski definition) is 1. The molecule has 1 fully saturated rings. The summed E-state index contributed by atoms with van der Waals surface area (Å²) in [4.78, 5) is 2.57. The summed E-state index contributed by atoms with van der Waals surface area (Å²) in [5.74, 6) is 1.24. The molecule has 1 N–H and O–H groups in total. The molecule has 0 bridgehead atoms. The van der Waals surface area contributed by atoms with Gasteiger partial charge in [-0.1, -0.05) is 0 Å². The summed E-state index contributed by atoms with van der Waals surface area (Å²) >= 11 is 1.94. The fourth-order valence-corrected chi connectivity index (χ4v) is 3.12. The second kappa shape index (κ2) is 5.55. The zero-order valence-electron chi connectivity index (χ0n) is 10.8. The number of rotatable bonds is 4. The maximum Gasteiger partial charge on any atom is 0.0157 e. The highest BCUT2D eigenvalue weighted by Gasteiger charge is 2.30. The summed E-state index contributed by atoms with van der Waals surface area (Å²) < 4.78 is 0. The van der Waals surface area contributed by atoms with Crippen LogP contribution in [0.3, 0.4) is 0 Å². The van der Waals surface area contributed by atoms with Gasteiger partial charge in [-0.2, -0.15) is 11.8 Å². The third kappa shape index (κ3) is 3.97. The van der Waals surface area contributed by atoms with Gasteiger partial charge in [-0.15, -0.1) is 0 Å². The van der Waals surface area contributed by atoms with Crippen molar-refractivity contribution in [3.63, 3.8) is 0 Å². The SMILES string of the molecule is CSCC(C)N(C)C1CCNC(C)(C)C1. The van der Waals surface area contributed by atoms with Crippen molar-refractivity contribution in [2.75, 3.05) is 25.6 Å². The molecule has 0 aromatic heterocycles. The second-order valence-electron chi connectivity index (χ2n) is 5.43. The van der Waals surface area contributed by atoms with Crippen LogP contribution in [0, 0.1) is 0 Å². The molecule has 3 heteroatoms. The van der Waals surface area contributed by atoms with Crippen molar-refractivity contribution in [1.82, 2.24) is 10.2 Å². The third-order valence-corrected chi connectivity index (χ3v) is 4.32. The summed E-state index contributed by atoms with van der Waals surface area (Å²) in [6.45, 7) is 8.12. The first-order valence-electron chi connectivity index (χ1n) is 5.92. The summed E-state index contributed by atoms with van der Waals surface area (Å²) in [5, 5.41) is 3.58. The van der Waals surface area contributed by atoms with Gasteiger partial charge >= 0.3 is 0 Å². The van der Waals surface area contributed by atoms with E-state index in [1.807, 2.05) is 11.8 Å². The molecule has 0 radical (unpaired) electrons. The molecule has 1 rings (SSSR count). The van der Waals surface area contributed by atoms with Gasteiger partial charge in [0.25, 0.3) is 0 Å². The number of thioether (sulfide) groups is 1. The van der Waals surface area contributed by atoms with Crippen LogP contribution in [0.25, 0.3) is 0 Å². The molecule has 0 aromatic carbocycles. The molecule has 1 saturated heterocycles. The fraction of sp³-hybridized carbons (Fsp3) is 1.00. The molecule has 2 nitrogen and oxygen atoms in total. The van der Waals surface area contributed by atoms with Gasteiger partial charge in [0.1, 0.15) is 0 Å². The normalized spacial score (nSPS) is 28.0. The minimum absolute atomic E-state index is 0.316. The van der Waals surface area contributed by atoms with Gasteiger partial charge in [-0.3, -0.25) is 4.90 Å². The number of nitrogens with zero attached hydrogens (tertiary/aromatic N) is 1. The van der Waals surface area contributed by atoms with Gasteiger partial charge in [0, 0.05) is 23.4 Å². The maximum absolute atomic E-state index is 3.58. The van der Waals surface area contributed by atoms with Crippen LogP contribution < -0.4 is 5.32 Å². The average molecular weight is 230 g/mol. The highest BCUT2D eigenvalue weighted by atomic mass is 32.2. The molecule has 0 amide bonds. The largest absolute Gasteiger partial charge is 0.312 e. The van der Waals surface area contributed by atoms with Crippen molar-refractivity contribution >= 4 is 11.8 Å². The Morgan fingerprint density at radius 3 is 2.73 bits per heavy atom. The lowest BCUT2D eigenvalue weighted by Crippen LogP contribution is -2.54. The first-order valence-corrected chi connectivity index (χ1v) is 7.31. The molecule has 0 aliphatic carbocycles. The third-order valence-electron chi connectivity index (χ3n) is 3.51. The van der Waals surface area contributed by atoms with Crippen molar-refractivity contribution in [2.45, 2.75) is 51.2 Å². The van der Waals surface area contributed by atoms with Gasteiger partial charge in [-0.25, -0.2) is 0 Å². The Balaban J connectivity index is 2.48. The molecule has 1 aliphatic heterocycles. The van der Waals surface area contributed by atoms with Crippen LogP contribution in [-0.2, 0) is 0 Å². The Morgan fingerprint density at radius 1 is 1.53 bits per heavy atom. The first-order chi connectivity index (χ1) is 6.96. The Kier molecular flexibility index (Phi) is 4.94. The van der Waals surface area contributed by atoms with E-state index in [1.54, 1.807) is 0 Å². The lowest BCUT2D eigenvalue weighted by Gasteiger charge is -2.42. The van der Waals surface area contributed by atoms with Crippen molar-refractivity contribution < 1.29 is 0 Å². The average Bonchev–Trinajstić information content (AvgIpc) is 2.15. The van der Waals surface area contributed by atoms with Crippen LogP contribution in [0.4, 0.5) is 0 Å². The van der Waals surface area contributed by atoms with Crippen LogP contribution in [-0.4, -0.2) is 48.1 Å². The second-order valence-corrected chi connectivity index (χ2v) is 6.34. The molecule has 15 heavy (non-hydrogen) atoms. The highest BCUT2D eigenvalue weighted by Crippen LogP contribution is 2.23. The zero-order valence-corrected chi connectivity index (χ0v) is 11.7. The lowest BCUT2D eigenvalue weighted by molar-refractivity contribution is 0.120. The van der Waals surface area contributed by atoms with Crippen molar-refractivity contribution in [3.8, 4) is 0 Å². The molecular weight excluding hydrogens is 204 g/mol. The van der Waals surface area contributed by atoms with E-state index in [9.17, 15) is 0 Å². The Labute approximate surface area is 99.2 Å². The van der Waals surface area contributed by atoms with Crippen LogP contribution in [0.1, 0.15) is 33.6 Å². The van der Waals surface area contributed by atoms with Crippen LogP contribution >= 0.6 is 11.8 Å². The minimum Gasteiger partial charge on any atom is -0.312 e. The number of hydrogen-bond acceptors (Lipinski definition) is 3. The molecule has 2 unspecified atom stereocenters. The number of nitrogens with one attached hydrogen (secondary N) is 1. The Morgan fingerprint density at radius 2 is 2.20 bits per heavy atom. The van der Waals surface area contributed by atoms with Crippen LogP contribution in [0.2, 0.25) is 0 Å². The quantitative estimate of drug-likeness (QED) is 0.797. The van der Waals surface area contributed by atoms with Crippen LogP contribution in [0.5, 0.6) is 0 Å². The predicted molar refractivity (Wildman–Crippen MR) is 70.7 cm³/mol. The summed E-state index contributed by atoms with van der Waals surface area (Å²) in [6.07, 6.45) is 4.75. The summed E-state index contributed by atoms with van der Waals surface area (Å²) in [5.41, 5.74) is 0.316. The highest BCUT2D eigenvalue weighted by molar-refractivity contribution is 7.98. The molecule has 90 valence electrons. The lowest BCUT2D eigenvalue weighted by atomic mass is 9.88. The molecule has 1 heterocycles. The van der Waals surface area contributed by atoms with Gasteiger partial charge < -0.3 is 5.32 Å². The standard InChI is InChI=1S/C12H26N2S/c1-10(9-15-5)14(4)11-6-7-13-12(2,3)8-11/h10-11,13H,6-9H2,1-5H3. The van der Waals surface area contributed by atoms with E-state index in [2.05, 4.69) is 44.3 Å². The summed E-state index contributed by atoms with van der Waals surface area (Å²) in [7, 11) is 2.28. The summed E-state index contributed by atoms with van der Waals surface area (Å²) in [6, 6.07) is 1.45. The Hall–Kier alpha value is 0.270.